The van der Waals surface area contributed by atoms with Crippen LogP contribution in [-0.2, 0) is 4.79 Å². The van der Waals surface area contributed by atoms with E-state index in [0.717, 1.165) is 18.5 Å². The van der Waals surface area contributed by atoms with E-state index in [4.69, 9.17) is 18.0 Å². The zero-order valence-corrected chi connectivity index (χ0v) is 11.4. The number of thiocarbonyl (C=S) groups is 1. The average molecular weight is 263 g/mol. The van der Waals surface area contributed by atoms with E-state index in [1.54, 1.807) is 36.5 Å². The molecule has 2 rings (SSSR count). The Labute approximate surface area is 112 Å². The summed E-state index contributed by atoms with van der Waals surface area (Å²) in [6.45, 7) is 2.11. The van der Waals surface area contributed by atoms with Gasteiger partial charge in [0.05, 0.1) is 10.4 Å². The maximum Gasteiger partial charge on any atom is 0.239 e. The molecule has 0 aromatic carbocycles. The number of aromatic nitrogens is 1. The molecule has 0 bridgehead atoms. The number of hydrogen-bond donors (Lipinski definition) is 1. The standard InChI is InChI=1S/C13H17N3OS/c1-9-7-13(8-9,11(14)18)12(17)16(2)10-3-5-15-6-4-10/h3-6,9H,7-8H2,1-2H3,(H2,14,18). The fourth-order valence-electron chi connectivity index (χ4n) is 2.62. The summed E-state index contributed by atoms with van der Waals surface area (Å²) in [6.07, 6.45) is 4.82. The van der Waals surface area contributed by atoms with Gasteiger partial charge in [0.25, 0.3) is 0 Å². The van der Waals surface area contributed by atoms with Gasteiger partial charge in [-0.3, -0.25) is 9.78 Å². The Balaban J connectivity index is 2.23. The van der Waals surface area contributed by atoms with E-state index >= 15 is 0 Å². The van der Waals surface area contributed by atoms with Crippen molar-refractivity contribution in [3.8, 4) is 0 Å². The van der Waals surface area contributed by atoms with Crippen LogP contribution in [0.3, 0.4) is 0 Å². The molecule has 0 unspecified atom stereocenters. The van der Waals surface area contributed by atoms with Crippen molar-refractivity contribution < 1.29 is 4.79 Å². The van der Waals surface area contributed by atoms with E-state index in [1.807, 2.05) is 0 Å². The Kier molecular flexibility index (Phi) is 3.34. The first-order chi connectivity index (χ1) is 8.47. The summed E-state index contributed by atoms with van der Waals surface area (Å²) in [7, 11) is 1.75. The molecule has 1 aromatic rings. The van der Waals surface area contributed by atoms with E-state index in [0.29, 0.717) is 10.9 Å². The summed E-state index contributed by atoms with van der Waals surface area (Å²) in [5.41, 5.74) is 5.95. The lowest BCUT2D eigenvalue weighted by Crippen LogP contribution is -2.56. The molecule has 96 valence electrons. The molecule has 0 spiro atoms. The van der Waals surface area contributed by atoms with Crippen molar-refractivity contribution in [1.82, 2.24) is 4.98 Å². The number of hydrogen-bond acceptors (Lipinski definition) is 3. The molecule has 1 fully saturated rings. The van der Waals surface area contributed by atoms with Crippen molar-refractivity contribution in [2.24, 2.45) is 17.1 Å². The van der Waals surface area contributed by atoms with Crippen LogP contribution < -0.4 is 10.6 Å². The molecule has 1 aliphatic carbocycles. The SMILES string of the molecule is CC1CC(C(=O)N(C)c2ccncc2)(C(N)=S)C1. The van der Waals surface area contributed by atoms with Gasteiger partial charge in [0.2, 0.25) is 5.91 Å². The van der Waals surface area contributed by atoms with Gasteiger partial charge >= 0.3 is 0 Å². The normalized spacial score (nSPS) is 26.2. The highest BCUT2D eigenvalue weighted by Crippen LogP contribution is 2.47. The zero-order chi connectivity index (χ0) is 13.3. The van der Waals surface area contributed by atoms with Crippen molar-refractivity contribution in [3.63, 3.8) is 0 Å². The van der Waals surface area contributed by atoms with E-state index < -0.39 is 5.41 Å². The van der Waals surface area contributed by atoms with E-state index in [-0.39, 0.29) is 5.91 Å². The lowest BCUT2D eigenvalue weighted by Gasteiger charge is -2.45. The number of pyridine rings is 1. The molecule has 1 saturated carbocycles. The second kappa shape index (κ2) is 4.65. The van der Waals surface area contributed by atoms with Crippen LogP contribution in [0.1, 0.15) is 19.8 Å². The van der Waals surface area contributed by atoms with Crippen molar-refractivity contribution >= 4 is 28.8 Å². The minimum Gasteiger partial charge on any atom is -0.392 e. The van der Waals surface area contributed by atoms with Crippen molar-refractivity contribution in [2.45, 2.75) is 19.8 Å². The van der Waals surface area contributed by atoms with Gasteiger partial charge in [-0.05, 0) is 30.9 Å². The number of carbonyl (C=O) groups is 1. The van der Waals surface area contributed by atoms with Gasteiger partial charge in [0.15, 0.2) is 0 Å². The van der Waals surface area contributed by atoms with Gasteiger partial charge in [0.1, 0.15) is 0 Å². The quantitative estimate of drug-likeness (QED) is 0.844. The first kappa shape index (κ1) is 13.0. The second-order valence-corrected chi connectivity index (χ2v) is 5.47. The van der Waals surface area contributed by atoms with Crippen LogP contribution in [0, 0.1) is 11.3 Å². The molecule has 0 aliphatic heterocycles. The molecule has 1 aromatic heterocycles. The molecular weight excluding hydrogens is 246 g/mol. The van der Waals surface area contributed by atoms with Crippen LogP contribution in [0.2, 0.25) is 0 Å². The molecule has 0 atom stereocenters. The summed E-state index contributed by atoms with van der Waals surface area (Å²) in [5.74, 6) is 0.487. The fraction of sp³-hybridized carbons (Fsp3) is 0.462. The summed E-state index contributed by atoms with van der Waals surface area (Å²) in [5, 5.41) is 0. The van der Waals surface area contributed by atoms with Gasteiger partial charge in [0, 0.05) is 25.1 Å². The third kappa shape index (κ3) is 1.99. The lowest BCUT2D eigenvalue weighted by atomic mass is 9.61. The van der Waals surface area contributed by atoms with Crippen LogP contribution in [0.5, 0.6) is 0 Å². The third-order valence-corrected chi connectivity index (χ3v) is 4.02. The highest BCUT2D eigenvalue weighted by Gasteiger charge is 2.52. The van der Waals surface area contributed by atoms with E-state index in [2.05, 4.69) is 11.9 Å². The molecule has 1 amide bonds. The first-order valence-electron chi connectivity index (χ1n) is 5.95. The van der Waals surface area contributed by atoms with Gasteiger partial charge < -0.3 is 10.6 Å². The molecule has 5 heteroatoms. The minimum absolute atomic E-state index is 0.0145. The largest absolute Gasteiger partial charge is 0.392 e. The van der Waals surface area contributed by atoms with Crippen LogP contribution >= 0.6 is 12.2 Å². The molecule has 0 radical (unpaired) electrons. The molecule has 1 heterocycles. The van der Waals surface area contributed by atoms with Crippen molar-refractivity contribution in [2.75, 3.05) is 11.9 Å². The lowest BCUT2D eigenvalue weighted by molar-refractivity contribution is -0.129. The number of anilines is 1. The Bertz CT molecular complexity index is 468. The number of nitrogens with two attached hydrogens (primary N) is 1. The molecule has 1 aliphatic rings. The third-order valence-electron chi connectivity index (χ3n) is 3.63. The van der Waals surface area contributed by atoms with Crippen molar-refractivity contribution in [1.29, 1.82) is 0 Å². The monoisotopic (exact) mass is 263 g/mol. The van der Waals surface area contributed by atoms with E-state index in [9.17, 15) is 4.79 Å². The van der Waals surface area contributed by atoms with Crippen molar-refractivity contribution in [3.05, 3.63) is 24.5 Å². The van der Waals surface area contributed by atoms with Gasteiger partial charge in [-0.15, -0.1) is 0 Å². The smallest absolute Gasteiger partial charge is 0.239 e. The Morgan fingerprint density at radius 3 is 2.50 bits per heavy atom. The Morgan fingerprint density at radius 1 is 1.50 bits per heavy atom. The number of nitrogens with zero attached hydrogens (tertiary/aromatic N) is 2. The minimum atomic E-state index is -0.646. The summed E-state index contributed by atoms with van der Waals surface area (Å²) < 4.78 is 0. The fourth-order valence-corrected chi connectivity index (χ4v) is 2.87. The maximum absolute atomic E-state index is 12.6. The van der Waals surface area contributed by atoms with Crippen LogP contribution in [0.4, 0.5) is 5.69 Å². The zero-order valence-electron chi connectivity index (χ0n) is 10.6. The van der Waals surface area contributed by atoms with Gasteiger partial charge in [-0.25, -0.2) is 0 Å². The van der Waals surface area contributed by atoms with Gasteiger partial charge in [-0.2, -0.15) is 0 Å². The predicted octanol–water partition coefficient (Wildman–Crippen LogP) is 1.75. The molecule has 18 heavy (non-hydrogen) atoms. The number of carbonyl (C=O) groups excluding carboxylic acids is 1. The van der Waals surface area contributed by atoms with Crippen LogP contribution in [0.15, 0.2) is 24.5 Å². The van der Waals surface area contributed by atoms with E-state index in [1.165, 1.54) is 0 Å². The first-order valence-corrected chi connectivity index (χ1v) is 6.36. The van der Waals surface area contributed by atoms with Crippen LogP contribution in [0.25, 0.3) is 0 Å². The highest BCUT2D eigenvalue weighted by molar-refractivity contribution is 7.80. The topological polar surface area (TPSA) is 59.2 Å². The Morgan fingerprint density at radius 2 is 2.06 bits per heavy atom. The highest BCUT2D eigenvalue weighted by atomic mass is 32.1. The molecular formula is C13H17N3OS. The Hall–Kier alpha value is -1.49. The molecule has 2 N–H and O–H groups in total. The molecule has 4 nitrogen and oxygen atoms in total. The maximum atomic E-state index is 12.6. The summed E-state index contributed by atoms with van der Waals surface area (Å²) in [4.78, 5) is 18.4. The summed E-state index contributed by atoms with van der Waals surface area (Å²) >= 11 is 5.10. The van der Waals surface area contributed by atoms with Crippen LogP contribution in [-0.4, -0.2) is 22.9 Å². The summed E-state index contributed by atoms with van der Waals surface area (Å²) in [6, 6.07) is 3.60. The average Bonchev–Trinajstić information content (AvgIpc) is 2.33. The molecule has 0 saturated heterocycles. The predicted molar refractivity (Wildman–Crippen MR) is 75.3 cm³/mol. The van der Waals surface area contributed by atoms with Gasteiger partial charge in [-0.1, -0.05) is 19.1 Å². The number of amides is 1. The number of rotatable bonds is 3. The second-order valence-electron chi connectivity index (χ2n) is 5.03.